The van der Waals surface area contributed by atoms with Gasteiger partial charge in [-0.15, -0.1) is 5.10 Å². The Bertz CT molecular complexity index is 1300. The maximum absolute atomic E-state index is 14.5. The van der Waals surface area contributed by atoms with Gasteiger partial charge in [-0.05, 0) is 30.3 Å². The Morgan fingerprint density at radius 1 is 1.37 bits per heavy atom. The van der Waals surface area contributed by atoms with Crippen molar-refractivity contribution in [1.29, 1.82) is 5.26 Å². The summed E-state index contributed by atoms with van der Waals surface area (Å²) in [6, 6.07) is 12.0. The monoisotopic (exact) mass is 423 g/mol. The number of nitrogens with one attached hydrogen (secondary N) is 1. The summed E-state index contributed by atoms with van der Waals surface area (Å²) in [5.41, 5.74) is 2.13. The number of rotatable bonds is 3. The van der Waals surface area contributed by atoms with Crippen LogP contribution in [-0.2, 0) is 11.3 Å². The van der Waals surface area contributed by atoms with Crippen molar-refractivity contribution in [3.05, 3.63) is 64.2 Å². The number of aromatic amines is 1. The molecule has 0 saturated carbocycles. The van der Waals surface area contributed by atoms with Crippen molar-refractivity contribution in [2.45, 2.75) is 12.6 Å². The molecule has 150 valence electrons. The molecule has 0 amide bonds. The first-order chi connectivity index (χ1) is 14.6. The summed E-state index contributed by atoms with van der Waals surface area (Å²) >= 11 is 6.24. The zero-order valence-corrected chi connectivity index (χ0v) is 16.6. The summed E-state index contributed by atoms with van der Waals surface area (Å²) in [5.74, 6) is 0.946. The van der Waals surface area contributed by atoms with Crippen molar-refractivity contribution in [3.8, 4) is 23.3 Å². The number of fused-ring (bicyclic) bond motifs is 2. The van der Waals surface area contributed by atoms with Gasteiger partial charge in [0.1, 0.15) is 23.7 Å². The Balaban J connectivity index is 1.62. The van der Waals surface area contributed by atoms with E-state index in [1.807, 2.05) is 6.07 Å². The standard InChI is InChI=1S/C21H15ClFN5O2/c1-29-18-11(10-24)5-6-15-12(18)9-16(25-15)20-26-21-19(30-8-7-28(21)27-20)17-13(22)3-2-4-14(17)23/h2-6,9,19,25H,7-8H2,1H3. The molecule has 4 aromatic rings. The van der Waals surface area contributed by atoms with Gasteiger partial charge < -0.3 is 14.5 Å². The third-order valence-electron chi connectivity index (χ3n) is 5.10. The topological polar surface area (TPSA) is 88.8 Å². The van der Waals surface area contributed by atoms with E-state index in [0.717, 1.165) is 10.9 Å². The summed E-state index contributed by atoms with van der Waals surface area (Å²) in [4.78, 5) is 7.87. The van der Waals surface area contributed by atoms with Gasteiger partial charge in [-0.3, -0.25) is 0 Å². The van der Waals surface area contributed by atoms with Crippen molar-refractivity contribution < 1.29 is 13.9 Å². The van der Waals surface area contributed by atoms with Gasteiger partial charge in [0.05, 0.1) is 31.5 Å². The zero-order valence-electron chi connectivity index (χ0n) is 15.8. The number of nitrogens with zero attached hydrogens (tertiary/aromatic N) is 4. The van der Waals surface area contributed by atoms with Crippen LogP contribution in [0.5, 0.6) is 5.75 Å². The van der Waals surface area contributed by atoms with E-state index in [-0.39, 0.29) is 10.6 Å². The van der Waals surface area contributed by atoms with Crippen LogP contribution in [0.3, 0.4) is 0 Å². The molecule has 0 spiro atoms. The lowest BCUT2D eigenvalue weighted by Crippen LogP contribution is -2.24. The molecule has 0 saturated heterocycles. The number of ether oxygens (including phenoxy) is 2. The number of benzene rings is 2. The maximum Gasteiger partial charge on any atom is 0.197 e. The van der Waals surface area contributed by atoms with Gasteiger partial charge in [-0.25, -0.2) is 14.1 Å². The van der Waals surface area contributed by atoms with E-state index in [2.05, 4.69) is 21.1 Å². The van der Waals surface area contributed by atoms with Crippen molar-refractivity contribution >= 4 is 22.5 Å². The zero-order chi connectivity index (χ0) is 20.8. The first-order valence-electron chi connectivity index (χ1n) is 9.21. The molecule has 1 unspecified atom stereocenters. The van der Waals surface area contributed by atoms with Crippen LogP contribution in [0.4, 0.5) is 4.39 Å². The Morgan fingerprint density at radius 2 is 2.23 bits per heavy atom. The fourth-order valence-corrected chi connectivity index (χ4v) is 4.00. The average Bonchev–Trinajstić information content (AvgIpc) is 3.37. The number of hydrogen-bond donors (Lipinski definition) is 1. The lowest BCUT2D eigenvalue weighted by molar-refractivity contribution is 0.0370. The highest BCUT2D eigenvalue weighted by Gasteiger charge is 2.31. The number of halogens is 2. The Hall–Kier alpha value is -3.41. The molecule has 1 atom stereocenters. The smallest absolute Gasteiger partial charge is 0.197 e. The average molecular weight is 424 g/mol. The predicted molar refractivity (Wildman–Crippen MR) is 108 cm³/mol. The van der Waals surface area contributed by atoms with Gasteiger partial charge in [0.25, 0.3) is 0 Å². The molecule has 3 heterocycles. The van der Waals surface area contributed by atoms with E-state index in [4.69, 9.17) is 21.1 Å². The van der Waals surface area contributed by atoms with Crippen LogP contribution in [0.2, 0.25) is 5.02 Å². The predicted octanol–water partition coefficient (Wildman–Crippen LogP) is 4.22. The lowest BCUT2D eigenvalue weighted by atomic mass is 10.1. The lowest BCUT2D eigenvalue weighted by Gasteiger charge is -2.24. The molecule has 0 fully saturated rings. The van der Waals surface area contributed by atoms with Gasteiger partial charge in [-0.1, -0.05) is 17.7 Å². The molecule has 1 aliphatic rings. The quantitative estimate of drug-likeness (QED) is 0.533. The van der Waals surface area contributed by atoms with Crippen molar-refractivity contribution in [2.75, 3.05) is 13.7 Å². The summed E-state index contributed by atoms with van der Waals surface area (Å²) in [7, 11) is 1.52. The third kappa shape index (κ3) is 2.83. The highest BCUT2D eigenvalue weighted by molar-refractivity contribution is 6.31. The summed E-state index contributed by atoms with van der Waals surface area (Å²) in [6.07, 6.45) is -0.752. The van der Waals surface area contributed by atoms with Crippen LogP contribution in [0, 0.1) is 17.1 Å². The molecule has 7 nitrogen and oxygen atoms in total. The van der Waals surface area contributed by atoms with E-state index in [9.17, 15) is 9.65 Å². The number of methoxy groups -OCH3 is 1. The second kappa shape index (κ2) is 7.13. The highest BCUT2D eigenvalue weighted by atomic mass is 35.5. The van der Waals surface area contributed by atoms with Gasteiger partial charge in [0.15, 0.2) is 11.6 Å². The number of aromatic nitrogens is 4. The van der Waals surface area contributed by atoms with Crippen LogP contribution in [-0.4, -0.2) is 33.5 Å². The fraction of sp³-hybridized carbons (Fsp3) is 0.190. The fourth-order valence-electron chi connectivity index (χ4n) is 3.74. The summed E-state index contributed by atoms with van der Waals surface area (Å²) in [5, 5.41) is 14.9. The Kier molecular flexibility index (Phi) is 4.42. The van der Waals surface area contributed by atoms with E-state index >= 15 is 0 Å². The first kappa shape index (κ1) is 18.6. The van der Waals surface area contributed by atoms with Gasteiger partial charge in [0, 0.05) is 21.5 Å². The van der Waals surface area contributed by atoms with E-state index in [1.54, 1.807) is 28.9 Å². The van der Waals surface area contributed by atoms with Crippen LogP contribution in [0.1, 0.15) is 23.1 Å². The van der Waals surface area contributed by atoms with Crippen LogP contribution < -0.4 is 4.74 Å². The molecule has 0 bridgehead atoms. The number of H-pyrrole nitrogens is 1. The minimum Gasteiger partial charge on any atom is -0.495 e. The minimum atomic E-state index is -0.752. The molecule has 2 aromatic carbocycles. The van der Waals surface area contributed by atoms with Crippen LogP contribution >= 0.6 is 11.6 Å². The van der Waals surface area contributed by atoms with Gasteiger partial charge in [0.2, 0.25) is 0 Å². The van der Waals surface area contributed by atoms with Crippen molar-refractivity contribution in [3.63, 3.8) is 0 Å². The molecule has 30 heavy (non-hydrogen) atoms. The molecule has 9 heteroatoms. The summed E-state index contributed by atoms with van der Waals surface area (Å²) < 4.78 is 27.4. The number of nitriles is 1. The molecule has 5 rings (SSSR count). The molecule has 2 aromatic heterocycles. The van der Waals surface area contributed by atoms with Crippen LogP contribution in [0.25, 0.3) is 22.4 Å². The normalized spacial score (nSPS) is 15.7. The molecule has 1 N–H and O–H groups in total. The van der Waals surface area contributed by atoms with Gasteiger partial charge >= 0.3 is 0 Å². The largest absolute Gasteiger partial charge is 0.495 e. The van der Waals surface area contributed by atoms with E-state index in [0.29, 0.717) is 41.8 Å². The minimum absolute atomic E-state index is 0.246. The second-order valence-corrected chi connectivity index (χ2v) is 7.21. The second-order valence-electron chi connectivity index (χ2n) is 6.81. The maximum atomic E-state index is 14.5. The SMILES string of the molecule is COc1c(C#N)ccc2[nH]c(-c3nc4n(n3)CCOC4c3c(F)cccc3Cl)cc12. The Labute approximate surface area is 175 Å². The molecule has 0 aliphatic carbocycles. The van der Waals surface area contributed by atoms with Gasteiger partial charge in [-0.2, -0.15) is 5.26 Å². The van der Waals surface area contributed by atoms with Crippen molar-refractivity contribution in [2.24, 2.45) is 0 Å². The molecule has 1 aliphatic heterocycles. The molecular weight excluding hydrogens is 409 g/mol. The van der Waals surface area contributed by atoms with Crippen LogP contribution in [0.15, 0.2) is 36.4 Å². The highest BCUT2D eigenvalue weighted by Crippen LogP contribution is 2.36. The van der Waals surface area contributed by atoms with E-state index in [1.165, 1.54) is 13.2 Å². The third-order valence-corrected chi connectivity index (χ3v) is 5.43. The van der Waals surface area contributed by atoms with E-state index < -0.39 is 11.9 Å². The molecule has 0 radical (unpaired) electrons. The Morgan fingerprint density at radius 3 is 3.00 bits per heavy atom. The molecular formula is C21H15ClFN5O2. The number of hydrogen-bond acceptors (Lipinski definition) is 5. The summed E-state index contributed by atoms with van der Waals surface area (Å²) in [6.45, 7) is 0.851. The van der Waals surface area contributed by atoms with Crippen molar-refractivity contribution in [1.82, 2.24) is 19.7 Å². The first-order valence-corrected chi connectivity index (χ1v) is 9.59.